The molecule has 0 unspecified atom stereocenters. The number of aromatic nitrogens is 1. The summed E-state index contributed by atoms with van der Waals surface area (Å²) in [6.07, 6.45) is 1.45. The van der Waals surface area contributed by atoms with Gasteiger partial charge in [0, 0.05) is 17.8 Å². The van der Waals surface area contributed by atoms with Gasteiger partial charge in [-0.1, -0.05) is 13.8 Å². The molecule has 3 nitrogen and oxygen atoms in total. The van der Waals surface area contributed by atoms with Gasteiger partial charge in [0.05, 0.1) is 9.30 Å². The van der Waals surface area contributed by atoms with E-state index in [0.29, 0.717) is 11.1 Å². The average Bonchev–Trinajstić information content (AvgIpc) is 2.35. The van der Waals surface area contributed by atoms with Crippen LogP contribution in [0.4, 0.5) is 4.39 Å². The Balaban J connectivity index is 2.43. The second-order valence-corrected chi connectivity index (χ2v) is 4.73. The molecule has 0 fully saturated rings. The lowest BCUT2D eigenvalue weighted by Crippen LogP contribution is -1.96. The van der Waals surface area contributed by atoms with E-state index >= 15 is 0 Å². The number of pyridine rings is 1. The summed E-state index contributed by atoms with van der Waals surface area (Å²) < 4.78 is 34.0. The van der Waals surface area contributed by atoms with Crippen LogP contribution in [0.1, 0.15) is 35.0 Å². The van der Waals surface area contributed by atoms with Crippen molar-refractivity contribution in [2.45, 2.75) is 26.7 Å². The number of phenolic OH excluding ortho intramolecular Hbond substituents is 1. The van der Waals surface area contributed by atoms with Crippen molar-refractivity contribution in [3.05, 3.63) is 41.8 Å². The summed E-state index contributed by atoms with van der Waals surface area (Å²) in [4.78, 5) is 3.92. The molecule has 1 N–H and O–H groups in total. The summed E-state index contributed by atoms with van der Waals surface area (Å²) in [6.45, 7) is 3.02. The summed E-state index contributed by atoms with van der Waals surface area (Å²) in [5.74, 6) is -0.610. The first kappa shape index (κ1) is 11.7. The van der Waals surface area contributed by atoms with Crippen LogP contribution in [-0.4, -0.2) is 16.6 Å². The first-order valence-corrected chi connectivity index (χ1v) is 6.35. The molecule has 20 heavy (non-hydrogen) atoms. The highest BCUT2D eigenvalue weighted by Gasteiger charge is 2.14. The van der Waals surface area contributed by atoms with Crippen molar-refractivity contribution in [2.24, 2.45) is 0 Å². The Labute approximate surface area is 120 Å². The second kappa shape index (κ2) is 5.90. The first-order valence-electron chi connectivity index (χ1n) is 7.35. The number of halogens is 1. The molecule has 2 aromatic rings. The van der Waals surface area contributed by atoms with E-state index in [-0.39, 0.29) is 23.1 Å². The van der Waals surface area contributed by atoms with Crippen molar-refractivity contribution in [3.8, 4) is 22.8 Å². The molecule has 1 aromatic carbocycles. The van der Waals surface area contributed by atoms with E-state index in [9.17, 15) is 9.50 Å². The second-order valence-electron chi connectivity index (χ2n) is 4.73. The van der Waals surface area contributed by atoms with Gasteiger partial charge in [-0.2, -0.15) is 0 Å². The van der Waals surface area contributed by atoms with E-state index in [0.717, 1.165) is 0 Å². The van der Waals surface area contributed by atoms with Crippen molar-refractivity contribution >= 4 is 0 Å². The lowest BCUT2D eigenvalue weighted by molar-refractivity contribution is 0.327. The van der Waals surface area contributed by atoms with Crippen molar-refractivity contribution in [1.29, 1.82) is 0 Å². The van der Waals surface area contributed by atoms with Crippen LogP contribution in [0.5, 0.6) is 11.6 Å². The number of aromatic hydroxyl groups is 1. The zero-order chi connectivity index (χ0) is 16.5. The molecule has 0 aliphatic carbocycles. The quantitative estimate of drug-likeness (QED) is 0.914. The molecule has 0 amide bonds. The molecule has 4 heteroatoms. The van der Waals surface area contributed by atoms with E-state index in [1.807, 2.05) is 0 Å². The molecule has 1 aromatic heterocycles. The molecule has 106 valence electrons. The molecule has 0 bridgehead atoms. The van der Waals surface area contributed by atoms with Crippen LogP contribution >= 0.6 is 0 Å². The minimum Gasteiger partial charge on any atom is -0.508 e. The third-order valence-corrected chi connectivity index (χ3v) is 2.96. The van der Waals surface area contributed by atoms with Crippen LogP contribution in [0.25, 0.3) is 11.1 Å². The smallest absolute Gasteiger partial charge is 0.213 e. The van der Waals surface area contributed by atoms with Crippen LogP contribution in [-0.2, 0) is 0 Å². The molecule has 2 rings (SSSR count). The Morgan fingerprint density at radius 1 is 1.35 bits per heavy atom. The number of benzene rings is 1. The fourth-order valence-corrected chi connectivity index (χ4v) is 2.09. The highest BCUT2D eigenvalue weighted by molar-refractivity contribution is 5.67. The van der Waals surface area contributed by atoms with E-state index in [1.54, 1.807) is 19.9 Å². The third kappa shape index (κ3) is 2.90. The zero-order valence-electron chi connectivity index (χ0n) is 13.6. The summed E-state index contributed by atoms with van der Waals surface area (Å²) in [5, 5.41) is 10.0. The number of ether oxygens (including phenoxy) is 1. The molecule has 0 radical (unpaired) electrons. The number of nitrogens with zero attached hydrogens (tertiary/aromatic N) is 1. The lowest BCUT2D eigenvalue weighted by Gasteiger charge is -2.12. The summed E-state index contributed by atoms with van der Waals surface area (Å²) in [6, 6.07) is 5.97. The fourth-order valence-electron chi connectivity index (χ4n) is 2.09. The average molecular weight is 277 g/mol. The molecule has 1 heterocycles. The van der Waals surface area contributed by atoms with Crippen LogP contribution in [0.15, 0.2) is 30.5 Å². The largest absolute Gasteiger partial charge is 0.508 e. The number of hydrogen-bond acceptors (Lipinski definition) is 3. The molecular weight excluding hydrogens is 257 g/mol. The fraction of sp³-hybridized carbons (Fsp3) is 0.312. The van der Waals surface area contributed by atoms with Crippen molar-refractivity contribution < 1.29 is 17.0 Å². The number of hydrogen-bond donors (Lipinski definition) is 1. The van der Waals surface area contributed by atoms with Gasteiger partial charge in [0.2, 0.25) is 5.88 Å². The van der Waals surface area contributed by atoms with Crippen LogP contribution < -0.4 is 4.74 Å². The molecule has 0 aliphatic rings. The maximum absolute atomic E-state index is 14.2. The van der Waals surface area contributed by atoms with Crippen molar-refractivity contribution in [1.82, 2.24) is 4.98 Å². The van der Waals surface area contributed by atoms with Crippen molar-refractivity contribution in [2.75, 3.05) is 6.56 Å². The third-order valence-electron chi connectivity index (χ3n) is 2.96. The van der Waals surface area contributed by atoms with Gasteiger partial charge in [-0.3, -0.25) is 0 Å². The van der Waals surface area contributed by atoms with Crippen LogP contribution in [0.2, 0.25) is 0 Å². The van der Waals surface area contributed by atoms with E-state index in [4.69, 9.17) is 7.48 Å². The van der Waals surface area contributed by atoms with Crippen LogP contribution in [0, 0.1) is 5.82 Å². The van der Waals surface area contributed by atoms with Crippen LogP contribution in [0.3, 0.4) is 0 Å². The summed E-state index contributed by atoms with van der Waals surface area (Å²) >= 11 is 0. The van der Waals surface area contributed by atoms with Gasteiger partial charge < -0.3 is 9.84 Å². The van der Waals surface area contributed by atoms with Gasteiger partial charge in [0.25, 0.3) is 0 Å². The Morgan fingerprint density at radius 3 is 2.70 bits per heavy atom. The molecule has 0 atom stereocenters. The van der Waals surface area contributed by atoms with Crippen molar-refractivity contribution in [3.63, 3.8) is 0 Å². The Morgan fingerprint density at radius 2 is 2.10 bits per heavy atom. The Kier molecular flexibility index (Phi) is 3.46. The van der Waals surface area contributed by atoms with Gasteiger partial charge in [0.1, 0.15) is 11.6 Å². The maximum atomic E-state index is 14.2. The first-order chi connectivity index (χ1) is 10.2. The van der Waals surface area contributed by atoms with Gasteiger partial charge >= 0.3 is 0 Å². The van der Waals surface area contributed by atoms with Gasteiger partial charge in [-0.05, 0) is 42.2 Å². The minimum absolute atomic E-state index is 0.0952. The molecule has 0 saturated heterocycles. The molecule has 0 aliphatic heterocycles. The SMILES string of the molecule is [2H]C([2H])(C)Oc1cc(-c2cc(O)c(C(C)C)c(F)c2)ccn1. The summed E-state index contributed by atoms with van der Waals surface area (Å²) in [5.41, 5.74) is 1.33. The zero-order valence-corrected chi connectivity index (χ0v) is 11.6. The Bertz CT molecular complexity index is 661. The Hall–Kier alpha value is -2.10. The lowest BCUT2D eigenvalue weighted by atomic mass is 9.97. The molecule has 0 spiro atoms. The highest BCUT2D eigenvalue weighted by Crippen LogP contribution is 2.33. The standard InChI is InChI=1S/C16H18FNO2/c1-4-20-15-9-11(5-6-18-15)12-7-13(17)16(10(2)3)14(19)8-12/h5-10,19H,4H2,1-3H3/i4D2. The monoisotopic (exact) mass is 277 g/mol. The highest BCUT2D eigenvalue weighted by atomic mass is 19.1. The normalized spacial score (nSPS) is 13.1. The minimum atomic E-state index is -1.86. The number of rotatable bonds is 4. The predicted octanol–water partition coefficient (Wildman–Crippen LogP) is 4.12. The molecule has 0 saturated carbocycles. The molecular formula is C16H18FNO2. The summed E-state index contributed by atoms with van der Waals surface area (Å²) in [7, 11) is 0. The van der Waals surface area contributed by atoms with Gasteiger partial charge in [0.15, 0.2) is 0 Å². The van der Waals surface area contributed by atoms with E-state index in [2.05, 4.69) is 4.98 Å². The van der Waals surface area contributed by atoms with Gasteiger partial charge in [-0.15, -0.1) is 0 Å². The predicted molar refractivity (Wildman–Crippen MR) is 76.6 cm³/mol. The van der Waals surface area contributed by atoms with E-state index in [1.165, 1.54) is 31.3 Å². The van der Waals surface area contributed by atoms with Gasteiger partial charge in [-0.25, -0.2) is 9.37 Å². The topological polar surface area (TPSA) is 42.4 Å². The number of phenols is 1. The maximum Gasteiger partial charge on any atom is 0.213 e. The van der Waals surface area contributed by atoms with E-state index < -0.39 is 12.4 Å².